The average Bonchev–Trinajstić information content (AvgIpc) is 2.61. The van der Waals surface area contributed by atoms with Gasteiger partial charge in [0.05, 0.1) is 19.9 Å². The Morgan fingerprint density at radius 1 is 1.08 bits per heavy atom. The van der Waals surface area contributed by atoms with E-state index in [-0.39, 0.29) is 19.0 Å². The number of methoxy groups -OCH3 is 1. The quantitative estimate of drug-likeness (QED) is 0.724. The maximum Gasteiger partial charge on any atom is 0.235 e. The molecule has 0 aliphatic carbocycles. The highest BCUT2D eigenvalue weighted by Crippen LogP contribution is 2.20. The normalized spacial score (nSPS) is 11.3. The van der Waals surface area contributed by atoms with Gasteiger partial charge in [-0.2, -0.15) is 4.31 Å². The molecule has 0 aliphatic heterocycles. The van der Waals surface area contributed by atoms with Gasteiger partial charge in [0.2, 0.25) is 15.9 Å². The van der Waals surface area contributed by atoms with Crippen LogP contribution in [0.1, 0.15) is 11.1 Å². The predicted octanol–water partition coefficient (Wildman–Crippen LogP) is 1.82. The number of hydrogen-bond acceptors (Lipinski definition) is 4. The Balaban J connectivity index is 1.96. The van der Waals surface area contributed by atoms with Crippen molar-refractivity contribution in [2.75, 3.05) is 26.5 Å². The number of nitrogens with one attached hydrogen (secondary N) is 1. The van der Waals surface area contributed by atoms with Crippen LogP contribution in [0.25, 0.3) is 0 Å². The molecule has 6 nitrogen and oxygen atoms in total. The van der Waals surface area contributed by atoms with E-state index in [0.29, 0.717) is 24.3 Å². The second-order valence-electron chi connectivity index (χ2n) is 5.93. The van der Waals surface area contributed by atoms with Crippen LogP contribution in [0.2, 0.25) is 0 Å². The maximum atomic E-state index is 12.2. The molecular weight excluding hydrogens is 352 g/mol. The molecule has 0 bridgehead atoms. The summed E-state index contributed by atoms with van der Waals surface area (Å²) in [6.07, 6.45) is 1.79. The molecule has 140 valence electrons. The first kappa shape index (κ1) is 19.9. The van der Waals surface area contributed by atoms with Gasteiger partial charge in [-0.25, -0.2) is 8.42 Å². The van der Waals surface area contributed by atoms with Crippen LogP contribution in [-0.2, 0) is 27.8 Å². The highest BCUT2D eigenvalue weighted by atomic mass is 32.2. The Kier molecular flexibility index (Phi) is 7.17. The fraction of sp³-hybridized carbons (Fsp3) is 0.316. The molecule has 26 heavy (non-hydrogen) atoms. The van der Waals surface area contributed by atoms with Crippen molar-refractivity contribution in [1.29, 1.82) is 0 Å². The van der Waals surface area contributed by atoms with E-state index in [1.165, 1.54) is 7.11 Å². The van der Waals surface area contributed by atoms with E-state index >= 15 is 0 Å². The van der Waals surface area contributed by atoms with Gasteiger partial charge in [0.25, 0.3) is 0 Å². The molecule has 2 aromatic rings. The Morgan fingerprint density at radius 2 is 1.73 bits per heavy atom. The molecule has 0 atom stereocenters. The lowest BCUT2D eigenvalue weighted by Gasteiger charge is -2.20. The Bertz CT molecular complexity index is 822. The maximum absolute atomic E-state index is 12.2. The van der Waals surface area contributed by atoms with E-state index in [1.807, 2.05) is 36.4 Å². The highest BCUT2D eigenvalue weighted by Gasteiger charge is 2.21. The lowest BCUT2D eigenvalue weighted by atomic mass is 10.1. The number of carbonyl (C=O) groups is 1. The SMILES string of the molecule is COc1ccccc1CN(CC(=O)NCCc1ccccc1)S(C)(=O)=O. The van der Waals surface area contributed by atoms with Crippen molar-refractivity contribution in [2.45, 2.75) is 13.0 Å². The van der Waals surface area contributed by atoms with Crippen LogP contribution >= 0.6 is 0 Å². The third-order valence-corrected chi connectivity index (χ3v) is 5.10. The van der Waals surface area contributed by atoms with Crippen molar-refractivity contribution in [3.8, 4) is 5.75 Å². The molecule has 0 heterocycles. The zero-order valence-corrected chi connectivity index (χ0v) is 15.8. The van der Waals surface area contributed by atoms with Crippen molar-refractivity contribution >= 4 is 15.9 Å². The van der Waals surface area contributed by atoms with Gasteiger partial charge in [0.15, 0.2) is 0 Å². The summed E-state index contributed by atoms with van der Waals surface area (Å²) < 4.78 is 30.5. The Labute approximate surface area is 154 Å². The number of hydrogen-bond donors (Lipinski definition) is 1. The number of sulfonamides is 1. The van der Waals surface area contributed by atoms with E-state index in [4.69, 9.17) is 4.74 Å². The molecule has 1 N–H and O–H groups in total. The number of amides is 1. The lowest BCUT2D eigenvalue weighted by Crippen LogP contribution is -2.40. The zero-order valence-electron chi connectivity index (χ0n) is 15.0. The third-order valence-electron chi connectivity index (χ3n) is 3.91. The smallest absolute Gasteiger partial charge is 0.235 e. The van der Waals surface area contributed by atoms with Gasteiger partial charge in [0.1, 0.15) is 5.75 Å². The van der Waals surface area contributed by atoms with Gasteiger partial charge in [0, 0.05) is 18.7 Å². The summed E-state index contributed by atoms with van der Waals surface area (Å²) in [5.74, 6) is 0.256. The molecule has 1 amide bonds. The summed E-state index contributed by atoms with van der Waals surface area (Å²) in [4.78, 5) is 12.2. The van der Waals surface area contributed by atoms with Gasteiger partial charge in [-0.3, -0.25) is 4.79 Å². The number of para-hydroxylation sites is 1. The lowest BCUT2D eigenvalue weighted by molar-refractivity contribution is -0.121. The van der Waals surface area contributed by atoms with E-state index in [0.717, 1.165) is 16.1 Å². The van der Waals surface area contributed by atoms with Crippen LogP contribution in [0.5, 0.6) is 5.75 Å². The molecule has 0 unspecified atom stereocenters. The Hall–Kier alpha value is -2.38. The minimum Gasteiger partial charge on any atom is -0.496 e. The first-order valence-electron chi connectivity index (χ1n) is 8.28. The number of benzene rings is 2. The van der Waals surface area contributed by atoms with Gasteiger partial charge in [-0.15, -0.1) is 0 Å². The topological polar surface area (TPSA) is 75.7 Å². The van der Waals surface area contributed by atoms with E-state index in [1.54, 1.807) is 18.2 Å². The van der Waals surface area contributed by atoms with Crippen LogP contribution < -0.4 is 10.1 Å². The molecule has 7 heteroatoms. The molecule has 0 saturated carbocycles. The number of ether oxygens (including phenoxy) is 1. The molecule has 0 aliphatic rings. The van der Waals surface area contributed by atoms with E-state index < -0.39 is 10.0 Å². The van der Waals surface area contributed by atoms with Crippen LogP contribution in [0.4, 0.5) is 0 Å². The molecule has 0 radical (unpaired) electrons. The van der Waals surface area contributed by atoms with Crippen molar-refractivity contribution in [3.05, 3.63) is 65.7 Å². The third kappa shape index (κ3) is 6.16. The Morgan fingerprint density at radius 3 is 2.38 bits per heavy atom. The first-order chi connectivity index (χ1) is 12.4. The number of nitrogens with zero attached hydrogens (tertiary/aromatic N) is 1. The van der Waals surface area contributed by atoms with Crippen molar-refractivity contribution < 1.29 is 17.9 Å². The van der Waals surface area contributed by atoms with E-state index in [2.05, 4.69) is 5.32 Å². The second kappa shape index (κ2) is 9.35. The summed E-state index contributed by atoms with van der Waals surface area (Å²) >= 11 is 0. The predicted molar refractivity (Wildman–Crippen MR) is 101 cm³/mol. The van der Waals surface area contributed by atoms with Crippen molar-refractivity contribution in [1.82, 2.24) is 9.62 Å². The van der Waals surface area contributed by atoms with Crippen LogP contribution in [0, 0.1) is 0 Å². The monoisotopic (exact) mass is 376 g/mol. The van der Waals surface area contributed by atoms with Gasteiger partial charge >= 0.3 is 0 Å². The van der Waals surface area contributed by atoms with Crippen molar-refractivity contribution in [3.63, 3.8) is 0 Å². The average molecular weight is 376 g/mol. The van der Waals surface area contributed by atoms with Crippen LogP contribution in [0.15, 0.2) is 54.6 Å². The number of carbonyl (C=O) groups excluding carboxylic acids is 1. The first-order valence-corrected chi connectivity index (χ1v) is 10.1. The molecule has 0 saturated heterocycles. The summed E-state index contributed by atoms with van der Waals surface area (Å²) in [5.41, 5.74) is 1.82. The summed E-state index contributed by atoms with van der Waals surface area (Å²) in [6.45, 7) is 0.301. The molecule has 0 fully saturated rings. The summed E-state index contributed by atoms with van der Waals surface area (Å²) in [5, 5.41) is 2.77. The van der Waals surface area contributed by atoms with Gasteiger partial charge in [-0.05, 0) is 18.1 Å². The van der Waals surface area contributed by atoms with Crippen LogP contribution in [-0.4, -0.2) is 45.1 Å². The zero-order chi connectivity index (χ0) is 19.0. The number of rotatable bonds is 9. The second-order valence-corrected chi connectivity index (χ2v) is 7.91. The fourth-order valence-electron chi connectivity index (χ4n) is 2.52. The highest BCUT2D eigenvalue weighted by molar-refractivity contribution is 7.88. The molecule has 0 aromatic heterocycles. The molecule has 2 aromatic carbocycles. The minimum absolute atomic E-state index is 0.0783. The molecule has 0 spiro atoms. The summed E-state index contributed by atoms with van der Waals surface area (Å²) in [7, 11) is -2.02. The minimum atomic E-state index is -3.54. The standard InChI is InChI=1S/C19H24N2O4S/c1-25-18-11-7-6-10-17(18)14-21(26(2,23)24)15-19(22)20-13-12-16-8-4-3-5-9-16/h3-11H,12-15H2,1-2H3,(H,20,22). The summed E-state index contributed by atoms with van der Waals surface area (Å²) in [6, 6.07) is 16.9. The fourth-order valence-corrected chi connectivity index (χ4v) is 3.25. The van der Waals surface area contributed by atoms with Gasteiger partial charge in [-0.1, -0.05) is 48.5 Å². The van der Waals surface area contributed by atoms with E-state index in [9.17, 15) is 13.2 Å². The molecule has 2 rings (SSSR count). The van der Waals surface area contributed by atoms with Gasteiger partial charge < -0.3 is 10.1 Å². The van der Waals surface area contributed by atoms with Crippen LogP contribution in [0.3, 0.4) is 0 Å². The largest absolute Gasteiger partial charge is 0.496 e. The van der Waals surface area contributed by atoms with Crippen molar-refractivity contribution in [2.24, 2.45) is 0 Å². The molecular formula is C19H24N2O4S.